The summed E-state index contributed by atoms with van der Waals surface area (Å²) < 4.78 is 5.27. The van der Waals surface area contributed by atoms with Crippen molar-refractivity contribution in [1.82, 2.24) is 4.90 Å². The van der Waals surface area contributed by atoms with Gasteiger partial charge in [-0.15, -0.1) is 0 Å². The number of amides is 1. The Bertz CT molecular complexity index is 563. The first kappa shape index (κ1) is 16.1. The number of hydrogen-bond donors (Lipinski definition) is 0. The fourth-order valence-corrected chi connectivity index (χ4v) is 2.44. The number of hydrogen-bond acceptors (Lipinski definition) is 3. The van der Waals surface area contributed by atoms with Crippen LogP contribution in [0.25, 0.3) is 0 Å². The Morgan fingerprint density at radius 3 is 2.55 bits per heavy atom. The van der Waals surface area contributed by atoms with Gasteiger partial charge >= 0.3 is 5.97 Å². The molecule has 4 heteroatoms. The molecule has 116 valence electrons. The van der Waals surface area contributed by atoms with E-state index in [1.54, 1.807) is 11.8 Å². The molecule has 0 N–H and O–H groups in total. The minimum Gasteiger partial charge on any atom is -0.464 e. The monoisotopic (exact) mass is 299 g/mol. The third-order valence-electron chi connectivity index (χ3n) is 3.75. The molecule has 0 aliphatic carbocycles. The van der Waals surface area contributed by atoms with E-state index >= 15 is 0 Å². The Balaban J connectivity index is 1.66. The molecule has 0 aromatic heterocycles. The predicted molar refractivity (Wildman–Crippen MR) is 83.9 cm³/mol. The van der Waals surface area contributed by atoms with Gasteiger partial charge in [-0.3, -0.25) is 9.59 Å². The fraction of sp³-hybridized carbons (Fsp3) is 0.444. The molecule has 1 fully saturated rings. The second kappa shape index (κ2) is 8.23. The zero-order valence-corrected chi connectivity index (χ0v) is 12.9. The fourth-order valence-electron chi connectivity index (χ4n) is 2.44. The SMILES string of the molecule is CC(=O)N1CCC(C(=O)OCCC#Cc2ccccc2)CC1. The second-order valence-electron chi connectivity index (χ2n) is 5.37. The van der Waals surface area contributed by atoms with Crippen molar-refractivity contribution in [1.29, 1.82) is 0 Å². The summed E-state index contributed by atoms with van der Waals surface area (Å²) in [6, 6.07) is 9.73. The smallest absolute Gasteiger partial charge is 0.309 e. The molecular weight excluding hydrogens is 278 g/mol. The first-order chi connectivity index (χ1) is 10.7. The van der Waals surface area contributed by atoms with Gasteiger partial charge in [-0.1, -0.05) is 30.0 Å². The van der Waals surface area contributed by atoms with Crippen LogP contribution in [0.3, 0.4) is 0 Å². The number of likely N-dealkylation sites (tertiary alicyclic amines) is 1. The Morgan fingerprint density at radius 1 is 1.23 bits per heavy atom. The van der Waals surface area contributed by atoms with Gasteiger partial charge in [-0.25, -0.2) is 0 Å². The number of ether oxygens (including phenoxy) is 1. The van der Waals surface area contributed by atoms with E-state index in [2.05, 4.69) is 11.8 Å². The van der Waals surface area contributed by atoms with Gasteiger partial charge < -0.3 is 9.64 Å². The summed E-state index contributed by atoms with van der Waals surface area (Å²) in [6.07, 6.45) is 1.91. The van der Waals surface area contributed by atoms with Crippen LogP contribution in [-0.4, -0.2) is 36.5 Å². The molecule has 0 saturated carbocycles. The van der Waals surface area contributed by atoms with E-state index in [4.69, 9.17) is 4.74 Å². The maximum Gasteiger partial charge on any atom is 0.309 e. The lowest BCUT2D eigenvalue weighted by Crippen LogP contribution is -2.39. The van der Waals surface area contributed by atoms with E-state index in [0.717, 1.165) is 5.56 Å². The molecule has 1 aliphatic rings. The molecule has 0 bridgehead atoms. The Hall–Kier alpha value is -2.28. The lowest BCUT2D eigenvalue weighted by atomic mass is 9.97. The zero-order valence-electron chi connectivity index (χ0n) is 12.9. The standard InChI is InChI=1S/C18H21NO3/c1-15(20)19-12-10-17(11-13-19)18(21)22-14-6-5-9-16-7-3-2-4-8-16/h2-4,7-8,17H,6,10-14H2,1H3. The Kier molecular flexibility index (Phi) is 6.02. The van der Waals surface area contributed by atoms with Crippen LogP contribution in [0.5, 0.6) is 0 Å². The van der Waals surface area contributed by atoms with Crippen molar-refractivity contribution in [2.75, 3.05) is 19.7 Å². The summed E-state index contributed by atoms with van der Waals surface area (Å²) in [6.45, 7) is 3.17. The number of piperidine rings is 1. The third-order valence-corrected chi connectivity index (χ3v) is 3.75. The average Bonchev–Trinajstić information content (AvgIpc) is 2.55. The van der Waals surface area contributed by atoms with Gasteiger partial charge in [0.1, 0.15) is 6.61 Å². The van der Waals surface area contributed by atoms with Crippen LogP contribution >= 0.6 is 0 Å². The largest absolute Gasteiger partial charge is 0.464 e. The van der Waals surface area contributed by atoms with Crippen molar-refractivity contribution in [2.45, 2.75) is 26.2 Å². The highest BCUT2D eigenvalue weighted by molar-refractivity contribution is 5.75. The molecule has 1 saturated heterocycles. The molecule has 1 amide bonds. The van der Waals surface area contributed by atoms with Gasteiger partial charge in [0.25, 0.3) is 0 Å². The second-order valence-corrected chi connectivity index (χ2v) is 5.37. The van der Waals surface area contributed by atoms with E-state index in [1.165, 1.54) is 0 Å². The third kappa shape index (κ3) is 4.92. The summed E-state index contributed by atoms with van der Waals surface area (Å²) >= 11 is 0. The summed E-state index contributed by atoms with van der Waals surface area (Å²) in [5.41, 5.74) is 0.963. The lowest BCUT2D eigenvalue weighted by Gasteiger charge is -2.29. The van der Waals surface area contributed by atoms with Crippen molar-refractivity contribution in [2.24, 2.45) is 5.92 Å². The van der Waals surface area contributed by atoms with Crippen molar-refractivity contribution >= 4 is 11.9 Å². The normalized spacial score (nSPS) is 14.9. The number of nitrogens with zero attached hydrogens (tertiary/aromatic N) is 1. The molecule has 1 aliphatic heterocycles. The van der Waals surface area contributed by atoms with E-state index in [-0.39, 0.29) is 17.8 Å². The average molecular weight is 299 g/mol. The highest BCUT2D eigenvalue weighted by atomic mass is 16.5. The van der Waals surface area contributed by atoms with Crippen molar-refractivity contribution in [3.63, 3.8) is 0 Å². The van der Waals surface area contributed by atoms with E-state index in [0.29, 0.717) is 39.0 Å². The Labute approximate surface area is 131 Å². The molecule has 22 heavy (non-hydrogen) atoms. The summed E-state index contributed by atoms with van der Waals surface area (Å²) in [4.78, 5) is 24.9. The Morgan fingerprint density at radius 2 is 1.91 bits per heavy atom. The van der Waals surface area contributed by atoms with E-state index in [1.807, 2.05) is 30.3 Å². The van der Waals surface area contributed by atoms with Crippen molar-refractivity contribution in [3.8, 4) is 11.8 Å². The van der Waals surface area contributed by atoms with Gasteiger partial charge in [-0.2, -0.15) is 0 Å². The molecule has 0 radical (unpaired) electrons. The van der Waals surface area contributed by atoms with E-state index in [9.17, 15) is 9.59 Å². The number of benzene rings is 1. The maximum atomic E-state index is 11.9. The van der Waals surface area contributed by atoms with Crippen molar-refractivity contribution < 1.29 is 14.3 Å². The lowest BCUT2D eigenvalue weighted by molar-refractivity contribution is -0.151. The van der Waals surface area contributed by atoms with Crippen molar-refractivity contribution in [3.05, 3.63) is 35.9 Å². The van der Waals surface area contributed by atoms with Crippen LogP contribution in [0.4, 0.5) is 0 Å². The summed E-state index contributed by atoms with van der Waals surface area (Å²) in [5, 5.41) is 0. The predicted octanol–water partition coefficient (Wildman–Crippen LogP) is 2.23. The van der Waals surface area contributed by atoms with Crippen LogP contribution in [0.1, 0.15) is 31.7 Å². The van der Waals surface area contributed by atoms with Gasteiger partial charge in [0.05, 0.1) is 5.92 Å². The minimum atomic E-state index is -0.162. The highest BCUT2D eigenvalue weighted by Gasteiger charge is 2.26. The van der Waals surface area contributed by atoms with E-state index < -0.39 is 0 Å². The summed E-state index contributed by atoms with van der Waals surface area (Å²) in [5.74, 6) is 5.86. The number of esters is 1. The maximum absolute atomic E-state index is 11.9. The first-order valence-electron chi connectivity index (χ1n) is 7.63. The number of rotatable bonds is 3. The number of carbonyl (C=O) groups excluding carboxylic acids is 2. The quantitative estimate of drug-likeness (QED) is 0.488. The van der Waals surface area contributed by atoms with Crippen LogP contribution < -0.4 is 0 Å². The van der Waals surface area contributed by atoms with Gasteiger partial charge in [0.2, 0.25) is 5.91 Å². The van der Waals surface area contributed by atoms with Gasteiger partial charge in [0, 0.05) is 32.0 Å². The molecule has 1 heterocycles. The topological polar surface area (TPSA) is 46.6 Å². The van der Waals surface area contributed by atoms with Gasteiger partial charge in [-0.05, 0) is 25.0 Å². The van der Waals surface area contributed by atoms with Crippen LogP contribution in [0.2, 0.25) is 0 Å². The molecule has 0 unspecified atom stereocenters. The highest BCUT2D eigenvalue weighted by Crippen LogP contribution is 2.18. The molecule has 4 nitrogen and oxygen atoms in total. The molecule has 1 aromatic carbocycles. The first-order valence-corrected chi connectivity index (χ1v) is 7.63. The molecule has 1 aromatic rings. The molecular formula is C18H21NO3. The summed E-state index contributed by atoms with van der Waals surface area (Å²) in [7, 11) is 0. The minimum absolute atomic E-state index is 0.0722. The van der Waals surface area contributed by atoms with Crippen LogP contribution in [0.15, 0.2) is 30.3 Å². The van der Waals surface area contributed by atoms with Gasteiger partial charge in [0.15, 0.2) is 0 Å². The van der Waals surface area contributed by atoms with Crippen LogP contribution in [-0.2, 0) is 14.3 Å². The molecule has 0 spiro atoms. The number of carbonyl (C=O) groups is 2. The van der Waals surface area contributed by atoms with Crippen LogP contribution in [0, 0.1) is 17.8 Å². The molecule has 0 atom stereocenters. The molecule has 2 rings (SSSR count). The zero-order chi connectivity index (χ0) is 15.8.